The highest BCUT2D eigenvalue weighted by molar-refractivity contribution is 6.30. The highest BCUT2D eigenvalue weighted by atomic mass is 35.5. The van der Waals surface area contributed by atoms with Gasteiger partial charge < -0.3 is 9.84 Å². The summed E-state index contributed by atoms with van der Waals surface area (Å²) in [6.45, 7) is 0. The van der Waals surface area contributed by atoms with Crippen LogP contribution < -0.4 is 4.74 Å². The molecule has 0 aliphatic heterocycles. The van der Waals surface area contributed by atoms with E-state index in [9.17, 15) is 9.90 Å². The van der Waals surface area contributed by atoms with Crippen molar-refractivity contribution < 1.29 is 14.6 Å². The van der Waals surface area contributed by atoms with Crippen LogP contribution in [0.2, 0.25) is 5.02 Å². The van der Waals surface area contributed by atoms with Gasteiger partial charge in [0, 0.05) is 22.6 Å². The van der Waals surface area contributed by atoms with Crippen molar-refractivity contribution in [2.75, 3.05) is 7.11 Å². The SMILES string of the molecule is COc1ccc(O)c(CC(=O)c2ccc(Cl)cc2)c1. The molecule has 0 fully saturated rings. The van der Waals surface area contributed by atoms with Crippen LogP contribution >= 0.6 is 11.6 Å². The number of ether oxygens (including phenoxy) is 1. The molecule has 0 saturated carbocycles. The Hall–Kier alpha value is -2.00. The molecule has 0 bridgehead atoms. The van der Waals surface area contributed by atoms with E-state index in [1.165, 1.54) is 13.2 Å². The number of aromatic hydroxyl groups is 1. The lowest BCUT2D eigenvalue weighted by Crippen LogP contribution is -2.03. The fraction of sp³-hybridized carbons (Fsp3) is 0.133. The normalized spacial score (nSPS) is 10.2. The number of Topliss-reactive ketones (excluding diaryl/α,β-unsaturated/α-hetero) is 1. The molecule has 0 aromatic heterocycles. The molecule has 2 rings (SSSR count). The maximum Gasteiger partial charge on any atom is 0.167 e. The summed E-state index contributed by atoms with van der Waals surface area (Å²) in [4.78, 5) is 12.1. The van der Waals surface area contributed by atoms with Crippen molar-refractivity contribution in [1.82, 2.24) is 0 Å². The molecule has 19 heavy (non-hydrogen) atoms. The molecule has 4 heteroatoms. The summed E-state index contributed by atoms with van der Waals surface area (Å²) in [7, 11) is 1.54. The maximum absolute atomic E-state index is 12.1. The van der Waals surface area contributed by atoms with Crippen molar-refractivity contribution in [3.05, 3.63) is 58.6 Å². The first-order valence-electron chi connectivity index (χ1n) is 5.75. The Balaban J connectivity index is 2.21. The van der Waals surface area contributed by atoms with Gasteiger partial charge in [-0.1, -0.05) is 11.6 Å². The van der Waals surface area contributed by atoms with E-state index in [2.05, 4.69) is 0 Å². The van der Waals surface area contributed by atoms with E-state index < -0.39 is 0 Å². The fourth-order valence-corrected chi connectivity index (χ4v) is 1.87. The predicted molar refractivity (Wildman–Crippen MR) is 74.1 cm³/mol. The number of hydrogen-bond acceptors (Lipinski definition) is 3. The summed E-state index contributed by atoms with van der Waals surface area (Å²) in [6, 6.07) is 11.5. The molecule has 3 nitrogen and oxygen atoms in total. The summed E-state index contributed by atoms with van der Waals surface area (Å²) >= 11 is 5.77. The first-order valence-corrected chi connectivity index (χ1v) is 6.12. The molecule has 0 aliphatic carbocycles. The van der Waals surface area contributed by atoms with Crippen LogP contribution in [-0.2, 0) is 6.42 Å². The molecule has 0 aliphatic rings. The quantitative estimate of drug-likeness (QED) is 0.870. The van der Waals surface area contributed by atoms with Gasteiger partial charge >= 0.3 is 0 Å². The fourth-order valence-electron chi connectivity index (χ4n) is 1.74. The van der Waals surface area contributed by atoms with Crippen LogP contribution in [0, 0.1) is 0 Å². The Bertz CT molecular complexity index is 591. The van der Waals surface area contributed by atoms with Crippen molar-refractivity contribution in [2.24, 2.45) is 0 Å². The first kappa shape index (κ1) is 13.4. The molecule has 0 unspecified atom stereocenters. The number of methoxy groups -OCH3 is 1. The summed E-state index contributed by atoms with van der Waals surface area (Å²) < 4.78 is 5.07. The number of carbonyl (C=O) groups excluding carboxylic acids is 1. The number of rotatable bonds is 4. The molecule has 98 valence electrons. The second-order valence-corrected chi connectivity index (χ2v) is 4.54. The Morgan fingerprint density at radius 2 is 1.89 bits per heavy atom. The summed E-state index contributed by atoms with van der Waals surface area (Å²) in [5.74, 6) is 0.611. The Morgan fingerprint density at radius 3 is 2.53 bits per heavy atom. The molecule has 0 atom stereocenters. The topological polar surface area (TPSA) is 46.5 Å². The summed E-state index contributed by atoms with van der Waals surface area (Å²) in [5, 5.41) is 10.3. The largest absolute Gasteiger partial charge is 0.508 e. The van der Waals surface area contributed by atoms with E-state index in [0.717, 1.165) is 0 Å². The van der Waals surface area contributed by atoms with Crippen molar-refractivity contribution in [3.8, 4) is 11.5 Å². The van der Waals surface area contributed by atoms with Crippen LogP contribution in [-0.4, -0.2) is 18.0 Å². The second-order valence-electron chi connectivity index (χ2n) is 4.10. The first-order chi connectivity index (χ1) is 9.10. The third kappa shape index (κ3) is 3.26. The summed E-state index contributed by atoms with van der Waals surface area (Å²) in [5.41, 5.74) is 1.10. The van der Waals surface area contributed by atoms with Crippen molar-refractivity contribution in [1.29, 1.82) is 0 Å². The van der Waals surface area contributed by atoms with Crippen LogP contribution in [0.15, 0.2) is 42.5 Å². The molecule has 2 aromatic rings. The molecule has 0 radical (unpaired) electrons. The molecular weight excluding hydrogens is 264 g/mol. The van der Waals surface area contributed by atoms with Gasteiger partial charge in [-0.3, -0.25) is 4.79 Å². The van der Waals surface area contributed by atoms with Gasteiger partial charge in [-0.15, -0.1) is 0 Å². The number of carbonyl (C=O) groups is 1. The monoisotopic (exact) mass is 276 g/mol. The van der Waals surface area contributed by atoms with Gasteiger partial charge in [0.1, 0.15) is 11.5 Å². The van der Waals surface area contributed by atoms with E-state index in [4.69, 9.17) is 16.3 Å². The number of ketones is 1. The number of benzene rings is 2. The van der Waals surface area contributed by atoms with E-state index in [1.54, 1.807) is 36.4 Å². The average Bonchev–Trinajstić information content (AvgIpc) is 2.42. The Morgan fingerprint density at radius 1 is 1.21 bits per heavy atom. The number of phenols is 1. The van der Waals surface area contributed by atoms with Crippen LogP contribution in [0.4, 0.5) is 0 Å². The van der Waals surface area contributed by atoms with Gasteiger partial charge in [-0.25, -0.2) is 0 Å². The molecule has 2 aromatic carbocycles. The highest BCUT2D eigenvalue weighted by Crippen LogP contribution is 2.24. The van der Waals surface area contributed by atoms with Crippen molar-refractivity contribution >= 4 is 17.4 Å². The molecule has 0 saturated heterocycles. The number of phenolic OH excluding ortho intramolecular Hbond substituents is 1. The van der Waals surface area contributed by atoms with Gasteiger partial charge in [0.05, 0.1) is 7.11 Å². The molecular formula is C15H13ClO3. The van der Waals surface area contributed by atoms with Gasteiger partial charge in [-0.05, 0) is 42.5 Å². The van der Waals surface area contributed by atoms with Crippen LogP contribution in [0.5, 0.6) is 11.5 Å². The molecule has 0 heterocycles. The number of hydrogen-bond donors (Lipinski definition) is 1. The van der Waals surface area contributed by atoms with Crippen molar-refractivity contribution in [3.63, 3.8) is 0 Å². The zero-order valence-corrected chi connectivity index (χ0v) is 11.1. The molecule has 0 amide bonds. The molecule has 1 N–H and O–H groups in total. The molecule has 0 spiro atoms. The lowest BCUT2D eigenvalue weighted by atomic mass is 10.0. The lowest BCUT2D eigenvalue weighted by Gasteiger charge is -2.07. The third-order valence-electron chi connectivity index (χ3n) is 2.80. The second kappa shape index (κ2) is 5.76. The number of halogens is 1. The summed E-state index contributed by atoms with van der Waals surface area (Å²) in [6.07, 6.45) is 0.116. The predicted octanol–water partition coefficient (Wildman–Crippen LogP) is 3.48. The van der Waals surface area contributed by atoms with Crippen LogP contribution in [0.1, 0.15) is 15.9 Å². The lowest BCUT2D eigenvalue weighted by molar-refractivity contribution is 0.0992. The van der Waals surface area contributed by atoms with E-state index in [0.29, 0.717) is 21.9 Å². The Kier molecular flexibility index (Phi) is 4.07. The van der Waals surface area contributed by atoms with Crippen LogP contribution in [0.3, 0.4) is 0 Å². The van der Waals surface area contributed by atoms with E-state index in [-0.39, 0.29) is 18.0 Å². The average molecular weight is 277 g/mol. The van der Waals surface area contributed by atoms with Gasteiger partial charge in [-0.2, -0.15) is 0 Å². The van der Waals surface area contributed by atoms with E-state index in [1.807, 2.05) is 0 Å². The van der Waals surface area contributed by atoms with Gasteiger partial charge in [0.25, 0.3) is 0 Å². The van der Waals surface area contributed by atoms with E-state index >= 15 is 0 Å². The maximum atomic E-state index is 12.1. The highest BCUT2D eigenvalue weighted by Gasteiger charge is 2.11. The third-order valence-corrected chi connectivity index (χ3v) is 3.06. The van der Waals surface area contributed by atoms with Gasteiger partial charge in [0.2, 0.25) is 0 Å². The van der Waals surface area contributed by atoms with Crippen LogP contribution in [0.25, 0.3) is 0 Å². The zero-order valence-electron chi connectivity index (χ0n) is 10.4. The standard InChI is InChI=1S/C15H13ClO3/c1-19-13-6-7-14(17)11(8-13)9-15(18)10-2-4-12(16)5-3-10/h2-8,17H,9H2,1H3. The Labute approximate surface area is 116 Å². The smallest absolute Gasteiger partial charge is 0.167 e. The van der Waals surface area contributed by atoms with Crippen molar-refractivity contribution in [2.45, 2.75) is 6.42 Å². The van der Waals surface area contributed by atoms with Gasteiger partial charge in [0.15, 0.2) is 5.78 Å². The zero-order chi connectivity index (χ0) is 13.8. The minimum atomic E-state index is -0.0831. The minimum absolute atomic E-state index is 0.0831. The minimum Gasteiger partial charge on any atom is -0.508 e.